The molecule has 0 radical (unpaired) electrons. The van der Waals surface area contributed by atoms with Gasteiger partial charge in [0.2, 0.25) is 0 Å². The number of methoxy groups -OCH3 is 1. The van der Waals surface area contributed by atoms with E-state index < -0.39 is 0 Å². The predicted octanol–water partition coefficient (Wildman–Crippen LogP) is 6.16. The van der Waals surface area contributed by atoms with Gasteiger partial charge in [-0.3, -0.25) is 19.2 Å². The van der Waals surface area contributed by atoms with Crippen LogP contribution in [0, 0.1) is 0 Å². The van der Waals surface area contributed by atoms with E-state index in [9.17, 15) is 14.4 Å². The number of aryl methyl sites for hydroxylation is 1. The van der Waals surface area contributed by atoms with Crippen LogP contribution in [0.15, 0.2) is 53.3 Å². The van der Waals surface area contributed by atoms with Crippen LogP contribution in [0.25, 0.3) is 11.0 Å². The van der Waals surface area contributed by atoms with Gasteiger partial charge in [-0.25, -0.2) is 4.98 Å². The van der Waals surface area contributed by atoms with Crippen LogP contribution in [-0.4, -0.2) is 61.2 Å². The Morgan fingerprint density at radius 1 is 1.19 bits per heavy atom. The number of hydrogen-bond donors (Lipinski definition) is 1. The van der Waals surface area contributed by atoms with E-state index >= 15 is 0 Å². The Morgan fingerprint density at radius 3 is 2.79 bits per heavy atom. The summed E-state index contributed by atoms with van der Waals surface area (Å²) in [5, 5.41) is 6.49. The second-order valence-corrected chi connectivity index (χ2v) is 11.9. The van der Waals surface area contributed by atoms with Gasteiger partial charge in [-0.05, 0) is 43.0 Å². The molecule has 1 atom stereocenters. The third-order valence-corrected chi connectivity index (χ3v) is 8.97. The van der Waals surface area contributed by atoms with Gasteiger partial charge < -0.3 is 19.4 Å². The molecule has 2 aromatic heterocycles. The minimum absolute atomic E-state index is 0.0260. The van der Waals surface area contributed by atoms with Crippen molar-refractivity contribution >= 4 is 74.0 Å². The van der Waals surface area contributed by atoms with E-state index in [0.29, 0.717) is 45.6 Å². The van der Waals surface area contributed by atoms with E-state index in [0.717, 1.165) is 29.4 Å². The predicted molar refractivity (Wildman–Crippen MR) is 166 cm³/mol. The number of nitrogens with one attached hydrogen (secondary N) is 1. The molecule has 1 amide bonds. The SMILES string of the molecule is COC(=O)CCc1cnc(N2CCCC2N(CC(=O)Cc2cc(Cl)c(NC(=O)c3coc4ccccc34)cc2Cl)OC)s1. The highest BCUT2D eigenvalue weighted by atomic mass is 35.5. The number of carbonyl (C=O) groups excluding carboxylic acids is 3. The van der Waals surface area contributed by atoms with Crippen LogP contribution in [0.4, 0.5) is 10.8 Å². The minimum Gasteiger partial charge on any atom is -0.469 e. The van der Waals surface area contributed by atoms with Crippen LogP contribution < -0.4 is 10.2 Å². The van der Waals surface area contributed by atoms with Crippen molar-refractivity contribution in [2.24, 2.45) is 0 Å². The number of para-hydroxylation sites is 1. The van der Waals surface area contributed by atoms with Gasteiger partial charge in [0.15, 0.2) is 10.9 Å². The molecule has 3 heterocycles. The lowest BCUT2D eigenvalue weighted by Crippen LogP contribution is -2.46. The zero-order chi connectivity index (χ0) is 30.5. The molecule has 1 aliphatic heterocycles. The number of amides is 1. The van der Waals surface area contributed by atoms with Gasteiger partial charge >= 0.3 is 5.97 Å². The summed E-state index contributed by atoms with van der Waals surface area (Å²) in [5.41, 5.74) is 1.84. The second-order valence-electron chi connectivity index (χ2n) is 10.00. The fourth-order valence-electron chi connectivity index (χ4n) is 5.04. The average Bonchev–Trinajstić information content (AvgIpc) is 3.76. The molecule has 13 heteroatoms. The molecule has 1 fully saturated rings. The lowest BCUT2D eigenvalue weighted by Gasteiger charge is -2.32. The number of benzene rings is 2. The Bertz CT molecular complexity index is 1640. The largest absolute Gasteiger partial charge is 0.469 e. The van der Waals surface area contributed by atoms with Gasteiger partial charge in [-0.1, -0.05) is 41.4 Å². The first-order chi connectivity index (χ1) is 20.8. The van der Waals surface area contributed by atoms with Crippen LogP contribution in [-0.2, 0) is 32.0 Å². The van der Waals surface area contributed by atoms with Gasteiger partial charge in [0.25, 0.3) is 5.91 Å². The first-order valence-electron chi connectivity index (χ1n) is 13.6. The van der Waals surface area contributed by atoms with E-state index in [-0.39, 0.29) is 41.8 Å². The van der Waals surface area contributed by atoms with E-state index in [1.807, 2.05) is 12.1 Å². The number of hydroxylamine groups is 2. The lowest BCUT2D eigenvalue weighted by molar-refractivity contribution is -0.166. The van der Waals surface area contributed by atoms with Gasteiger partial charge in [-0.2, -0.15) is 5.06 Å². The van der Waals surface area contributed by atoms with Crippen molar-refractivity contribution < 1.29 is 28.4 Å². The minimum atomic E-state index is -0.389. The average molecular weight is 646 g/mol. The molecular weight excluding hydrogens is 615 g/mol. The Labute approximate surface area is 262 Å². The normalized spacial score (nSPS) is 14.9. The van der Waals surface area contributed by atoms with E-state index in [2.05, 4.69) is 15.2 Å². The monoisotopic (exact) mass is 644 g/mol. The highest BCUT2D eigenvalue weighted by molar-refractivity contribution is 7.15. The summed E-state index contributed by atoms with van der Waals surface area (Å²) in [6.07, 6.45) is 5.59. The number of carbonyl (C=O) groups is 3. The fourth-order valence-corrected chi connectivity index (χ4v) is 6.48. The van der Waals surface area contributed by atoms with Crippen LogP contribution in [0.2, 0.25) is 10.0 Å². The number of esters is 1. The number of furan rings is 1. The number of halogens is 2. The molecule has 5 rings (SSSR count). The highest BCUT2D eigenvalue weighted by Crippen LogP contribution is 2.33. The molecule has 1 saturated heterocycles. The van der Waals surface area contributed by atoms with Gasteiger partial charge in [0.1, 0.15) is 18.0 Å². The number of Topliss-reactive ketones (excluding diaryl/α,β-unsaturated/α-hetero) is 1. The molecule has 1 aliphatic rings. The lowest BCUT2D eigenvalue weighted by atomic mass is 10.1. The van der Waals surface area contributed by atoms with Gasteiger partial charge in [0.05, 0.1) is 43.5 Å². The molecule has 1 N–H and O–H groups in total. The van der Waals surface area contributed by atoms with Crippen molar-refractivity contribution in [3.63, 3.8) is 0 Å². The van der Waals surface area contributed by atoms with Crippen molar-refractivity contribution in [1.29, 1.82) is 0 Å². The number of fused-ring (bicyclic) bond motifs is 1. The first-order valence-corrected chi connectivity index (χ1v) is 15.2. The maximum absolute atomic E-state index is 13.2. The topological polar surface area (TPSA) is 114 Å². The molecule has 0 aliphatic carbocycles. The summed E-state index contributed by atoms with van der Waals surface area (Å²) in [5.74, 6) is -0.771. The summed E-state index contributed by atoms with van der Waals surface area (Å²) >= 11 is 14.6. The van der Waals surface area contributed by atoms with Crippen LogP contribution >= 0.6 is 34.5 Å². The summed E-state index contributed by atoms with van der Waals surface area (Å²) < 4.78 is 10.2. The van der Waals surface area contributed by atoms with Crippen molar-refractivity contribution in [3.8, 4) is 0 Å². The molecule has 1 unspecified atom stereocenters. The quantitative estimate of drug-likeness (QED) is 0.143. The third kappa shape index (κ3) is 7.19. The Kier molecular flexibility index (Phi) is 9.99. The maximum Gasteiger partial charge on any atom is 0.305 e. The zero-order valence-electron chi connectivity index (χ0n) is 23.6. The maximum atomic E-state index is 13.2. The Morgan fingerprint density at radius 2 is 2.00 bits per heavy atom. The summed E-state index contributed by atoms with van der Waals surface area (Å²) in [6, 6.07) is 10.4. The molecule has 0 bridgehead atoms. The number of aromatic nitrogens is 1. The van der Waals surface area contributed by atoms with Crippen LogP contribution in [0.1, 0.15) is 40.1 Å². The number of anilines is 2. The first kappa shape index (κ1) is 31.0. The number of ketones is 1. The van der Waals surface area contributed by atoms with E-state index in [1.54, 1.807) is 35.5 Å². The van der Waals surface area contributed by atoms with Crippen molar-refractivity contribution in [2.45, 2.75) is 38.3 Å². The summed E-state index contributed by atoms with van der Waals surface area (Å²) in [7, 11) is 2.91. The molecule has 0 spiro atoms. The molecule has 226 valence electrons. The molecule has 2 aromatic carbocycles. The van der Waals surface area contributed by atoms with Crippen molar-refractivity contribution in [3.05, 3.63) is 74.9 Å². The zero-order valence-corrected chi connectivity index (χ0v) is 25.9. The highest BCUT2D eigenvalue weighted by Gasteiger charge is 2.33. The molecule has 43 heavy (non-hydrogen) atoms. The molecule has 10 nitrogen and oxygen atoms in total. The smallest absolute Gasteiger partial charge is 0.305 e. The summed E-state index contributed by atoms with van der Waals surface area (Å²) in [6.45, 7) is 0.796. The van der Waals surface area contributed by atoms with Crippen LogP contribution in [0.3, 0.4) is 0 Å². The van der Waals surface area contributed by atoms with Crippen molar-refractivity contribution in [1.82, 2.24) is 10.0 Å². The molecule has 4 aromatic rings. The van der Waals surface area contributed by atoms with Gasteiger partial charge in [-0.15, -0.1) is 11.3 Å². The standard InChI is InChI=1S/C30H30Cl2N4O6S/c1-40-28(38)10-9-20-15-33-30(43-20)35-11-5-8-27(35)36(41-2)16-19(37)12-18-13-24(32)25(14-23(18)31)34-29(39)22-17-42-26-7-4-3-6-21(22)26/h3-4,6-7,13-15,17,27H,5,8-12,16H2,1-2H3,(H,34,39). The number of rotatable bonds is 12. The molecule has 0 saturated carbocycles. The van der Waals surface area contributed by atoms with E-state index in [4.69, 9.17) is 37.2 Å². The van der Waals surface area contributed by atoms with E-state index in [1.165, 1.54) is 31.8 Å². The fraction of sp³-hybridized carbons (Fsp3) is 0.333. The summed E-state index contributed by atoms with van der Waals surface area (Å²) in [4.78, 5) is 50.9. The van der Waals surface area contributed by atoms with Crippen LogP contribution in [0.5, 0.6) is 0 Å². The van der Waals surface area contributed by atoms with Crippen molar-refractivity contribution in [2.75, 3.05) is 37.5 Å². The second kappa shape index (κ2) is 13.9. The third-order valence-electron chi connectivity index (χ3n) is 7.21. The molecular formula is C30H30Cl2N4O6S. The number of thiazole rings is 1. The number of nitrogens with zero attached hydrogens (tertiary/aromatic N) is 3. The Hall–Kier alpha value is -3.48. The number of hydrogen-bond acceptors (Lipinski definition) is 10. The van der Waals surface area contributed by atoms with Gasteiger partial charge in [0, 0.05) is 34.4 Å². The Balaban J connectivity index is 1.22. The number of ether oxygens (including phenoxy) is 1.